The fourth-order valence-corrected chi connectivity index (χ4v) is 2.62. The van der Waals surface area contributed by atoms with Gasteiger partial charge in [0.25, 0.3) is 0 Å². The van der Waals surface area contributed by atoms with Crippen LogP contribution < -0.4 is 15.4 Å². The Kier molecular flexibility index (Phi) is 6.66. The zero-order valence-corrected chi connectivity index (χ0v) is 14.8. The van der Waals surface area contributed by atoms with Crippen LogP contribution in [0.5, 0.6) is 5.75 Å². The molecule has 0 spiro atoms. The van der Waals surface area contributed by atoms with Gasteiger partial charge in [0, 0.05) is 25.1 Å². The van der Waals surface area contributed by atoms with Crippen LogP contribution in [0.15, 0.2) is 39.8 Å². The third-order valence-electron chi connectivity index (χ3n) is 3.79. The van der Waals surface area contributed by atoms with Crippen LogP contribution in [0, 0.1) is 13.8 Å². The van der Waals surface area contributed by atoms with E-state index in [1.165, 1.54) is 0 Å². The van der Waals surface area contributed by atoms with Crippen molar-refractivity contribution in [3.8, 4) is 5.75 Å². The molecule has 6 nitrogen and oxygen atoms in total. The molecule has 0 amide bonds. The maximum absolute atomic E-state index is 5.65. The zero-order valence-electron chi connectivity index (χ0n) is 14.8. The number of nitrogens with one attached hydrogen (secondary N) is 2. The first-order valence-corrected chi connectivity index (χ1v) is 8.17. The molecule has 0 radical (unpaired) electrons. The number of ether oxygens (including phenoxy) is 1. The van der Waals surface area contributed by atoms with E-state index in [1.807, 2.05) is 44.2 Å². The minimum absolute atomic E-state index is 0.287. The van der Waals surface area contributed by atoms with Crippen molar-refractivity contribution >= 4 is 5.96 Å². The highest BCUT2D eigenvalue weighted by molar-refractivity contribution is 5.79. The zero-order chi connectivity index (χ0) is 17.4. The van der Waals surface area contributed by atoms with Crippen molar-refractivity contribution < 1.29 is 9.26 Å². The van der Waals surface area contributed by atoms with E-state index in [4.69, 9.17) is 9.26 Å². The van der Waals surface area contributed by atoms with Crippen LogP contribution in [0.2, 0.25) is 0 Å². The van der Waals surface area contributed by atoms with Gasteiger partial charge < -0.3 is 19.9 Å². The van der Waals surface area contributed by atoms with Crippen molar-refractivity contribution in [2.75, 3.05) is 26.7 Å². The molecule has 1 atom stereocenters. The predicted octanol–water partition coefficient (Wildman–Crippen LogP) is 2.64. The van der Waals surface area contributed by atoms with E-state index >= 15 is 0 Å². The number of hydrogen-bond donors (Lipinski definition) is 2. The van der Waals surface area contributed by atoms with Gasteiger partial charge in [-0.3, -0.25) is 4.99 Å². The van der Waals surface area contributed by atoms with Gasteiger partial charge in [0.1, 0.15) is 18.1 Å². The lowest BCUT2D eigenvalue weighted by atomic mass is 10.00. The molecule has 1 aromatic heterocycles. The maximum atomic E-state index is 5.65. The summed E-state index contributed by atoms with van der Waals surface area (Å²) in [6.45, 7) is 8.06. The lowest BCUT2D eigenvalue weighted by Gasteiger charge is -2.16. The van der Waals surface area contributed by atoms with Crippen LogP contribution in [0.4, 0.5) is 0 Å². The molecule has 1 aromatic carbocycles. The van der Waals surface area contributed by atoms with Crippen LogP contribution in [0.3, 0.4) is 0 Å². The molecule has 1 heterocycles. The molecular formula is C18H26N4O2. The number of nitrogens with zero attached hydrogens (tertiary/aromatic N) is 2. The highest BCUT2D eigenvalue weighted by Gasteiger charge is 2.16. The standard InChI is InChI=1S/C18H26N4O2/c1-13(17-14(2)22-24-15(17)3)12-21-18(19-4)20-10-11-23-16-8-6-5-7-9-16/h5-9,13H,10-12H2,1-4H3,(H2,19,20,21). The molecule has 0 aliphatic carbocycles. The van der Waals surface area contributed by atoms with E-state index in [9.17, 15) is 0 Å². The number of benzene rings is 1. The van der Waals surface area contributed by atoms with Gasteiger partial charge in [-0.05, 0) is 26.0 Å². The van der Waals surface area contributed by atoms with E-state index in [0.717, 1.165) is 35.3 Å². The fourth-order valence-electron chi connectivity index (χ4n) is 2.62. The minimum atomic E-state index is 0.287. The summed E-state index contributed by atoms with van der Waals surface area (Å²) >= 11 is 0. The predicted molar refractivity (Wildman–Crippen MR) is 95.7 cm³/mol. The van der Waals surface area contributed by atoms with E-state index < -0.39 is 0 Å². The maximum Gasteiger partial charge on any atom is 0.191 e. The topological polar surface area (TPSA) is 71.7 Å². The third kappa shape index (κ3) is 5.01. The molecule has 0 bridgehead atoms. The molecule has 0 aliphatic rings. The van der Waals surface area contributed by atoms with E-state index in [2.05, 4.69) is 27.7 Å². The number of aryl methyl sites for hydroxylation is 2. The lowest BCUT2D eigenvalue weighted by molar-refractivity contribution is 0.322. The van der Waals surface area contributed by atoms with Gasteiger partial charge in [0.05, 0.1) is 12.2 Å². The molecule has 130 valence electrons. The quantitative estimate of drug-likeness (QED) is 0.464. The third-order valence-corrected chi connectivity index (χ3v) is 3.79. The molecule has 0 fully saturated rings. The second-order valence-corrected chi connectivity index (χ2v) is 5.68. The number of aliphatic imine (C=N–C) groups is 1. The summed E-state index contributed by atoms with van der Waals surface area (Å²) in [6, 6.07) is 9.77. The number of hydrogen-bond acceptors (Lipinski definition) is 4. The summed E-state index contributed by atoms with van der Waals surface area (Å²) in [4.78, 5) is 4.23. The number of para-hydroxylation sites is 1. The lowest BCUT2D eigenvalue weighted by Crippen LogP contribution is -2.40. The number of rotatable bonds is 7. The molecule has 2 N–H and O–H groups in total. The summed E-state index contributed by atoms with van der Waals surface area (Å²) in [5, 5.41) is 10.6. The van der Waals surface area contributed by atoms with Gasteiger partial charge >= 0.3 is 0 Å². The van der Waals surface area contributed by atoms with Crippen molar-refractivity contribution in [3.63, 3.8) is 0 Å². The fraction of sp³-hybridized carbons (Fsp3) is 0.444. The smallest absolute Gasteiger partial charge is 0.191 e. The first kappa shape index (κ1) is 17.8. The van der Waals surface area contributed by atoms with Crippen molar-refractivity contribution in [3.05, 3.63) is 47.3 Å². The largest absolute Gasteiger partial charge is 0.492 e. The first-order chi connectivity index (χ1) is 11.6. The van der Waals surface area contributed by atoms with Gasteiger partial charge in [-0.1, -0.05) is 30.3 Å². The molecule has 0 aliphatic heterocycles. The molecule has 2 rings (SSSR count). The average Bonchev–Trinajstić information content (AvgIpc) is 2.93. The Morgan fingerprint density at radius 1 is 1.25 bits per heavy atom. The highest BCUT2D eigenvalue weighted by atomic mass is 16.5. The summed E-state index contributed by atoms with van der Waals surface area (Å²) in [6.07, 6.45) is 0. The molecular weight excluding hydrogens is 304 g/mol. The van der Waals surface area contributed by atoms with Gasteiger partial charge in [0.2, 0.25) is 0 Å². The molecule has 2 aromatic rings. The van der Waals surface area contributed by atoms with Crippen LogP contribution in [0.1, 0.15) is 29.9 Å². The Hall–Kier alpha value is -2.50. The van der Waals surface area contributed by atoms with Gasteiger partial charge in [-0.2, -0.15) is 0 Å². The molecule has 0 saturated carbocycles. The Balaban J connectivity index is 1.72. The van der Waals surface area contributed by atoms with Crippen LogP contribution in [0.25, 0.3) is 0 Å². The minimum Gasteiger partial charge on any atom is -0.492 e. The Bertz CT molecular complexity index is 633. The molecule has 6 heteroatoms. The second-order valence-electron chi connectivity index (χ2n) is 5.68. The van der Waals surface area contributed by atoms with Crippen molar-refractivity contribution in [2.45, 2.75) is 26.7 Å². The van der Waals surface area contributed by atoms with Crippen molar-refractivity contribution in [2.24, 2.45) is 4.99 Å². The molecule has 24 heavy (non-hydrogen) atoms. The van der Waals surface area contributed by atoms with Gasteiger partial charge in [0.15, 0.2) is 5.96 Å². The molecule has 0 saturated heterocycles. The highest BCUT2D eigenvalue weighted by Crippen LogP contribution is 2.22. The Morgan fingerprint density at radius 2 is 2.00 bits per heavy atom. The Morgan fingerprint density at radius 3 is 2.62 bits per heavy atom. The monoisotopic (exact) mass is 330 g/mol. The van der Waals surface area contributed by atoms with E-state index in [1.54, 1.807) is 7.05 Å². The number of aromatic nitrogens is 1. The summed E-state index contributed by atoms with van der Waals surface area (Å²) in [5.41, 5.74) is 2.10. The van der Waals surface area contributed by atoms with E-state index in [-0.39, 0.29) is 5.92 Å². The average molecular weight is 330 g/mol. The molecule has 1 unspecified atom stereocenters. The van der Waals surface area contributed by atoms with Crippen LogP contribution in [-0.2, 0) is 0 Å². The Labute approximate surface area is 143 Å². The summed E-state index contributed by atoms with van der Waals surface area (Å²) in [5.74, 6) is 2.79. The van der Waals surface area contributed by atoms with Crippen LogP contribution in [-0.4, -0.2) is 37.9 Å². The van der Waals surface area contributed by atoms with Crippen molar-refractivity contribution in [1.82, 2.24) is 15.8 Å². The van der Waals surface area contributed by atoms with Crippen LogP contribution >= 0.6 is 0 Å². The van der Waals surface area contributed by atoms with E-state index in [0.29, 0.717) is 13.2 Å². The summed E-state index contributed by atoms with van der Waals surface area (Å²) in [7, 11) is 1.76. The summed E-state index contributed by atoms with van der Waals surface area (Å²) < 4.78 is 10.9. The first-order valence-electron chi connectivity index (χ1n) is 8.17. The van der Waals surface area contributed by atoms with Gasteiger partial charge in [-0.25, -0.2) is 0 Å². The number of guanidine groups is 1. The SMILES string of the molecule is CN=C(NCCOc1ccccc1)NCC(C)c1c(C)noc1C. The normalized spacial score (nSPS) is 12.8. The van der Waals surface area contributed by atoms with Gasteiger partial charge in [-0.15, -0.1) is 0 Å². The van der Waals surface area contributed by atoms with Crippen molar-refractivity contribution in [1.29, 1.82) is 0 Å². The second kappa shape index (κ2) is 8.96.